The summed E-state index contributed by atoms with van der Waals surface area (Å²) in [5.74, 6) is -0.483. The van der Waals surface area contributed by atoms with Gasteiger partial charge in [-0.25, -0.2) is 9.18 Å². The van der Waals surface area contributed by atoms with Crippen LogP contribution in [0.3, 0.4) is 0 Å². The zero-order valence-electron chi connectivity index (χ0n) is 13.7. The van der Waals surface area contributed by atoms with Crippen LogP contribution < -0.4 is 16.0 Å². The van der Waals surface area contributed by atoms with Crippen molar-refractivity contribution in [3.05, 3.63) is 65.0 Å². The van der Waals surface area contributed by atoms with Gasteiger partial charge in [-0.05, 0) is 48.7 Å². The van der Waals surface area contributed by atoms with Crippen LogP contribution in [0.4, 0.5) is 14.9 Å². The first-order chi connectivity index (χ1) is 11.5. The highest BCUT2D eigenvalue weighted by Gasteiger charge is 2.11. The quantitative estimate of drug-likeness (QED) is 0.789. The maximum absolute atomic E-state index is 12.8. The summed E-state index contributed by atoms with van der Waals surface area (Å²) in [7, 11) is 1.56. The lowest BCUT2D eigenvalue weighted by molar-refractivity contribution is 0.0962. The summed E-state index contributed by atoms with van der Waals surface area (Å²) in [6, 6.07) is 11.0. The molecular formula is C18H20FN3O2. The highest BCUT2D eigenvalue weighted by atomic mass is 19.1. The van der Waals surface area contributed by atoms with Gasteiger partial charge in [0, 0.05) is 24.8 Å². The van der Waals surface area contributed by atoms with Crippen LogP contribution in [0.5, 0.6) is 0 Å². The summed E-state index contributed by atoms with van der Waals surface area (Å²) >= 11 is 0. The van der Waals surface area contributed by atoms with Crippen molar-refractivity contribution in [1.29, 1.82) is 0 Å². The predicted octanol–water partition coefficient (Wildman–Crippen LogP) is 2.86. The maximum atomic E-state index is 12.8. The fraction of sp³-hybridized carbons (Fsp3) is 0.222. The van der Waals surface area contributed by atoms with E-state index in [0.717, 1.165) is 5.56 Å². The molecule has 0 aliphatic rings. The minimum absolute atomic E-state index is 0.201. The Bertz CT molecular complexity index is 730. The molecule has 0 bridgehead atoms. The predicted molar refractivity (Wildman–Crippen MR) is 91.7 cm³/mol. The summed E-state index contributed by atoms with van der Waals surface area (Å²) in [5.41, 5.74) is 2.73. The molecule has 6 heteroatoms. The third kappa shape index (κ3) is 4.55. The Hall–Kier alpha value is -2.89. The van der Waals surface area contributed by atoms with E-state index in [9.17, 15) is 14.0 Å². The molecular weight excluding hydrogens is 309 g/mol. The van der Waals surface area contributed by atoms with Gasteiger partial charge < -0.3 is 16.0 Å². The summed E-state index contributed by atoms with van der Waals surface area (Å²) in [6.07, 6.45) is 0.602. The van der Waals surface area contributed by atoms with Crippen LogP contribution in [0.2, 0.25) is 0 Å². The van der Waals surface area contributed by atoms with E-state index in [1.165, 1.54) is 12.1 Å². The number of hydrogen-bond donors (Lipinski definition) is 3. The fourth-order valence-electron chi connectivity index (χ4n) is 2.29. The van der Waals surface area contributed by atoms with Crippen LogP contribution in [0.1, 0.15) is 21.5 Å². The van der Waals surface area contributed by atoms with Crippen molar-refractivity contribution < 1.29 is 14.0 Å². The molecule has 2 aromatic carbocycles. The second-order valence-corrected chi connectivity index (χ2v) is 5.31. The summed E-state index contributed by atoms with van der Waals surface area (Å²) in [6.45, 7) is 2.20. The van der Waals surface area contributed by atoms with Gasteiger partial charge in [-0.15, -0.1) is 0 Å². The van der Waals surface area contributed by atoms with Crippen molar-refractivity contribution in [2.24, 2.45) is 0 Å². The third-order valence-electron chi connectivity index (χ3n) is 3.67. The minimum atomic E-state index is -0.353. The molecule has 0 heterocycles. The maximum Gasteiger partial charge on any atom is 0.319 e. The van der Waals surface area contributed by atoms with Crippen molar-refractivity contribution in [2.45, 2.75) is 13.3 Å². The molecule has 0 radical (unpaired) electrons. The van der Waals surface area contributed by atoms with Crippen molar-refractivity contribution >= 4 is 17.6 Å². The molecule has 0 atom stereocenters. The summed E-state index contributed by atoms with van der Waals surface area (Å²) < 4.78 is 12.8. The van der Waals surface area contributed by atoms with Crippen LogP contribution in [0.15, 0.2) is 42.5 Å². The smallest absolute Gasteiger partial charge is 0.319 e. The molecule has 0 aliphatic carbocycles. The van der Waals surface area contributed by atoms with Crippen LogP contribution in [-0.4, -0.2) is 25.5 Å². The van der Waals surface area contributed by atoms with Gasteiger partial charge in [-0.2, -0.15) is 0 Å². The number of benzene rings is 2. The van der Waals surface area contributed by atoms with E-state index in [1.54, 1.807) is 44.3 Å². The molecule has 3 N–H and O–H groups in total. The van der Waals surface area contributed by atoms with E-state index in [1.807, 2.05) is 0 Å². The van der Waals surface area contributed by atoms with Crippen LogP contribution in [0.25, 0.3) is 0 Å². The SMILES string of the molecule is CNC(=O)c1cccc(NC(=O)NCCc2ccc(F)cc2)c1C. The molecule has 126 valence electrons. The number of amides is 3. The van der Waals surface area contributed by atoms with Gasteiger partial charge in [0.25, 0.3) is 5.91 Å². The van der Waals surface area contributed by atoms with E-state index in [-0.39, 0.29) is 17.8 Å². The first-order valence-electron chi connectivity index (χ1n) is 7.62. The van der Waals surface area contributed by atoms with Crippen molar-refractivity contribution in [2.75, 3.05) is 18.9 Å². The first-order valence-corrected chi connectivity index (χ1v) is 7.62. The summed E-state index contributed by atoms with van der Waals surface area (Å²) in [4.78, 5) is 23.7. The van der Waals surface area contributed by atoms with Crippen LogP contribution in [0, 0.1) is 12.7 Å². The largest absolute Gasteiger partial charge is 0.355 e. The number of hydrogen-bond acceptors (Lipinski definition) is 2. The molecule has 0 fully saturated rings. The average Bonchev–Trinajstić information content (AvgIpc) is 2.58. The topological polar surface area (TPSA) is 70.2 Å². The number of nitrogens with one attached hydrogen (secondary N) is 3. The molecule has 3 amide bonds. The highest BCUT2D eigenvalue weighted by Crippen LogP contribution is 2.18. The lowest BCUT2D eigenvalue weighted by Crippen LogP contribution is -2.31. The molecule has 2 aromatic rings. The Morgan fingerprint density at radius 2 is 1.79 bits per heavy atom. The van der Waals surface area contributed by atoms with Crippen molar-refractivity contribution in [3.8, 4) is 0 Å². The number of anilines is 1. The van der Waals surface area contributed by atoms with E-state index in [0.29, 0.717) is 29.8 Å². The second-order valence-electron chi connectivity index (χ2n) is 5.31. The van der Waals surface area contributed by atoms with Gasteiger partial charge in [0.1, 0.15) is 5.82 Å². The highest BCUT2D eigenvalue weighted by molar-refractivity contribution is 5.98. The molecule has 0 unspecified atom stereocenters. The Morgan fingerprint density at radius 1 is 1.08 bits per heavy atom. The molecule has 24 heavy (non-hydrogen) atoms. The molecule has 0 saturated heterocycles. The van der Waals surface area contributed by atoms with Gasteiger partial charge in [-0.3, -0.25) is 4.79 Å². The Balaban J connectivity index is 1.90. The van der Waals surface area contributed by atoms with Gasteiger partial charge in [-0.1, -0.05) is 18.2 Å². The number of carbonyl (C=O) groups is 2. The fourth-order valence-corrected chi connectivity index (χ4v) is 2.29. The number of rotatable bonds is 5. The number of urea groups is 1. The Kier molecular flexibility index (Phi) is 5.89. The monoisotopic (exact) mass is 329 g/mol. The zero-order chi connectivity index (χ0) is 17.5. The first kappa shape index (κ1) is 17.5. The van der Waals surface area contributed by atoms with Gasteiger partial charge in [0.2, 0.25) is 0 Å². The zero-order valence-corrected chi connectivity index (χ0v) is 13.7. The van der Waals surface area contributed by atoms with Gasteiger partial charge in [0.05, 0.1) is 0 Å². The average molecular weight is 329 g/mol. The molecule has 0 saturated carbocycles. The molecule has 0 aliphatic heterocycles. The minimum Gasteiger partial charge on any atom is -0.355 e. The van der Waals surface area contributed by atoms with E-state index >= 15 is 0 Å². The number of halogens is 1. The van der Waals surface area contributed by atoms with Gasteiger partial charge in [0.15, 0.2) is 0 Å². The van der Waals surface area contributed by atoms with Crippen molar-refractivity contribution in [3.63, 3.8) is 0 Å². The van der Waals surface area contributed by atoms with Crippen molar-refractivity contribution in [1.82, 2.24) is 10.6 Å². The normalized spacial score (nSPS) is 10.1. The standard InChI is InChI=1S/C18H20FN3O2/c1-12-15(17(23)20-2)4-3-5-16(12)22-18(24)21-11-10-13-6-8-14(19)9-7-13/h3-9H,10-11H2,1-2H3,(H,20,23)(H2,21,22,24). The molecule has 0 aromatic heterocycles. The Labute approximate surface area is 140 Å². The Morgan fingerprint density at radius 3 is 2.46 bits per heavy atom. The number of carbonyl (C=O) groups excluding carboxylic acids is 2. The van der Waals surface area contributed by atoms with E-state index < -0.39 is 0 Å². The van der Waals surface area contributed by atoms with Crippen LogP contribution in [-0.2, 0) is 6.42 Å². The lowest BCUT2D eigenvalue weighted by Gasteiger charge is -2.12. The molecule has 5 nitrogen and oxygen atoms in total. The molecule has 0 spiro atoms. The van der Waals surface area contributed by atoms with E-state index in [4.69, 9.17) is 0 Å². The van der Waals surface area contributed by atoms with Gasteiger partial charge >= 0.3 is 6.03 Å². The molecule has 2 rings (SSSR count). The van der Waals surface area contributed by atoms with E-state index in [2.05, 4.69) is 16.0 Å². The lowest BCUT2D eigenvalue weighted by atomic mass is 10.1. The third-order valence-corrected chi connectivity index (χ3v) is 3.67. The second kappa shape index (κ2) is 8.10. The van der Waals surface area contributed by atoms with Crippen LogP contribution >= 0.6 is 0 Å². The summed E-state index contributed by atoms with van der Waals surface area (Å²) in [5, 5.41) is 8.04.